The average Bonchev–Trinajstić information content (AvgIpc) is 2.01. The van der Waals surface area contributed by atoms with Crippen molar-refractivity contribution in [3.05, 3.63) is 0 Å². The molecule has 0 bridgehead atoms. The minimum absolute atomic E-state index is 0.273. The first kappa shape index (κ1) is 10.9. The van der Waals surface area contributed by atoms with Gasteiger partial charge in [0, 0.05) is 7.11 Å². The second-order valence-electron chi connectivity index (χ2n) is 3.03. The maximum Gasteiger partial charge on any atom is 0.0776 e. The molecule has 0 aromatic rings. The molecule has 0 aliphatic carbocycles. The molecule has 0 saturated heterocycles. The Labute approximate surface area is 69.6 Å². The summed E-state index contributed by atoms with van der Waals surface area (Å²) in [5.41, 5.74) is 0. The van der Waals surface area contributed by atoms with Crippen LogP contribution in [0.4, 0.5) is 0 Å². The standard InChI is InChI=1S/C9H20O2/c1-4-8(5-2)6-9(10)7-11-3/h8-10H,4-7H2,1-3H3. The van der Waals surface area contributed by atoms with Crippen molar-refractivity contribution in [2.45, 2.75) is 39.2 Å². The first-order valence-corrected chi connectivity index (χ1v) is 4.41. The molecule has 68 valence electrons. The minimum Gasteiger partial charge on any atom is -0.391 e. The third-order valence-corrected chi connectivity index (χ3v) is 2.12. The van der Waals surface area contributed by atoms with E-state index in [1.54, 1.807) is 7.11 Å². The first-order chi connectivity index (χ1) is 5.24. The summed E-state index contributed by atoms with van der Waals surface area (Å²) in [5.74, 6) is 0.653. The van der Waals surface area contributed by atoms with E-state index >= 15 is 0 Å². The van der Waals surface area contributed by atoms with Crippen molar-refractivity contribution >= 4 is 0 Å². The molecule has 1 unspecified atom stereocenters. The van der Waals surface area contributed by atoms with Crippen LogP contribution in [0.2, 0.25) is 0 Å². The van der Waals surface area contributed by atoms with Gasteiger partial charge in [0.2, 0.25) is 0 Å². The second kappa shape index (κ2) is 6.62. The van der Waals surface area contributed by atoms with E-state index < -0.39 is 0 Å². The van der Waals surface area contributed by atoms with Gasteiger partial charge in [-0.25, -0.2) is 0 Å². The number of aliphatic hydroxyl groups is 1. The van der Waals surface area contributed by atoms with E-state index in [0.717, 1.165) is 19.3 Å². The lowest BCUT2D eigenvalue weighted by Gasteiger charge is -2.16. The third kappa shape index (κ3) is 5.22. The van der Waals surface area contributed by atoms with Gasteiger partial charge in [0.25, 0.3) is 0 Å². The van der Waals surface area contributed by atoms with Gasteiger partial charge in [-0.1, -0.05) is 26.7 Å². The zero-order valence-electron chi connectivity index (χ0n) is 7.84. The molecule has 0 aromatic heterocycles. The Kier molecular flexibility index (Phi) is 6.57. The summed E-state index contributed by atoms with van der Waals surface area (Å²) in [5, 5.41) is 9.36. The summed E-state index contributed by atoms with van der Waals surface area (Å²) in [6.45, 7) is 4.79. The van der Waals surface area contributed by atoms with Crippen LogP contribution in [0.5, 0.6) is 0 Å². The normalized spacial score (nSPS) is 13.9. The number of aliphatic hydroxyl groups excluding tert-OH is 1. The zero-order valence-corrected chi connectivity index (χ0v) is 7.84. The van der Waals surface area contributed by atoms with Crippen molar-refractivity contribution in [3.8, 4) is 0 Å². The van der Waals surface area contributed by atoms with Crippen molar-refractivity contribution in [2.24, 2.45) is 5.92 Å². The van der Waals surface area contributed by atoms with E-state index in [-0.39, 0.29) is 6.10 Å². The van der Waals surface area contributed by atoms with Gasteiger partial charge in [0.15, 0.2) is 0 Å². The number of ether oxygens (including phenoxy) is 1. The summed E-state index contributed by atoms with van der Waals surface area (Å²) in [6.07, 6.45) is 2.90. The lowest BCUT2D eigenvalue weighted by molar-refractivity contribution is 0.0474. The van der Waals surface area contributed by atoms with E-state index in [4.69, 9.17) is 4.74 Å². The first-order valence-electron chi connectivity index (χ1n) is 4.41. The van der Waals surface area contributed by atoms with E-state index in [2.05, 4.69) is 13.8 Å². The highest BCUT2D eigenvalue weighted by atomic mass is 16.5. The van der Waals surface area contributed by atoms with E-state index in [1.165, 1.54) is 0 Å². The SMILES string of the molecule is CCC(CC)CC(O)COC. The zero-order chi connectivity index (χ0) is 8.69. The van der Waals surface area contributed by atoms with Crippen molar-refractivity contribution in [2.75, 3.05) is 13.7 Å². The van der Waals surface area contributed by atoms with Crippen LogP contribution in [0.3, 0.4) is 0 Å². The lowest BCUT2D eigenvalue weighted by atomic mass is 9.96. The molecule has 0 rings (SSSR count). The smallest absolute Gasteiger partial charge is 0.0776 e. The van der Waals surface area contributed by atoms with Crippen LogP contribution in [0.15, 0.2) is 0 Å². The molecule has 0 aliphatic rings. The molecule has 0 radical (unpaired) electrons. The van der Waals surface area contributed by atoms with E-state index in [9.17, 15) is 5.11 Å². The van der Waals surface area contributed by atoms with Crippen LogP contribution in [-0.2, 0) is 4.74 Å². The molecule has 0 heterocycles. The Bertz CT molecular complexity index is 79.6. The Morgan fingerprint density at radius 2 is 1.82 bits per heavy atom. The number of hydrogen-bond donors (Lipinski definition) is 1. The highest BCUT2D eigenvalue weighted by Gasteiger charge is 2.10. The van der Waals surface area contributed by atoms with Crippen LogP contribution in [0.25, 0.3) is 0 Å². The van der Waals surface area contributed by atoms with Crippen molar-refractivity contribution in [3.63, 3.8) is 0 Å². The quantitative estimate of drug-likeness (QED) is 0.642. The minimum atomic E-state index is -0.273. The fourth-order valence-corrected chi connectivity index (χ4v) is 1.27. The molecule has 0 aromatic carbocycles. The lowest BCUT2D eigenvalue weighted by Crippen LogP contribution is -2.18. The van der Waals surface area contributed by atoms with Crippen LogP contribution in [-0.4, -0.2) is 24.9 Å². The molecule has 2 nitrogen and oxygen atoms in total. The molecule has 2 heteroatoms. The third-order valence-electron chi connectivity index (χ3n) is 2.12. The molecule has 0 saturated carbocycles. The monoisotopic (exact) mass is 160 g/mol. The van der Waals surface area contributed by atoms with Crippen molar-refractivity contribution < 1.29 is 9.84 Å². The van der Waals surface area contributed by atoms with Crippen molar-refractivity contribution in [1.29, 1.82) is 0 Å². The summed E-state index contributed by atoms with van der Waals surface area (Å²) in [6, 6.07) is 0. The van der Waals surface area contributed by atoms with Gasteiger partial charge in [-0.3, -0.25) is 0 Å². The number of methoxy groups -OCH3 is 1. The molecule has 0 aliphatic heterocycles. The van der Waals surface area contributed by atoms with Gasteiger partial charge in [-0.15, -0.1) is 0 Å². The van der Waals surface area contributed by atoms with Crippen LogP contribution in [0.1, 0.15) is 33.1 Å². The molecule has 1 atom stereocenters. The highest BCUT2D eigenvalue weighted by Crippen LogP contribution is 2.14. The summed E-state index contributed by atoms with van der Waals surface area (Å²) in [4.78, 5) is 0. The van der Waals surface area contributed by atoms with Gasteiger partial charge < -0.3 is 9.84 Å². The molecule has 0 fully saturated rings. The van der Waals surface area contributed by atoms with Crippen LogP contribution in [0, 0.1) is 5.92 Å². The van der Waals surface area contributed by atoms with Gasteiger partial charge in [-0.2, -0.15) is 0 Å². The van der Waals surface area contributed by atoms with Gasteiger partial charge in [0.1, 0.15) is 0 Å². The fourth-order valence-electron chi connectivity index (χ4n) is 1.27. The molecule has 1 N–H and O–H groups in total. The van der Waals surface area contributed by atoms with Gasteiger partial charge in [-0.05, 0) is 12.3 Å². The largest absolute Gasteiger partial charge is 0.391 e. The summed E-state index contributed by atoms with van der Waals surface area (Å²) < 4.78 is 4.84. The van der Waals surface area contributed by atoms with Gasteiger partial charge >= 0.3 is 0 Å². The van der Waals surface area contributed by atoms with E-state index in [1.807, 2.05) is 0 Å². The Balaban J connectivity index is 3.44. The topological polar surface area (TPSA) is 29.5 Å². The summed E-state index contributed by atoms with van der Waals surface area (Å²) in [7, 11) is 1.62. The van der Waals surface area contributed by atoms with E-state index in [0.29, 0.717) is 12.5 Å². The van der Waals surface area contributed by atoms with Gasteiger partial charge in [0.05, 0.1) is 12.7 Å². The van der Waals surface area contributed by atoms with Crippen LogP contribution < -0.4 is 0 Å². The van der Waals surface area contributed by atoms with Crippen LogP contribution >= 0.6 is 0 Å². The molecule has 0 spiro atoms. The summed E-state index contributed by atoms with van der Waals surface area (Å²) >= 11 is 0. The maximum absolute atomic E-state index is 9.36. The predicted octanol–water partition coefficient (Wildman–Crippen LogP) is 1.82. The highest BCUT2D eigenvalue weighted by molar-refractivity contribution is 4.61. The molecular formula is C9H20O2. The average molecular weight is 160 g/mol. The molecule has 11 heavy (non-hydrogen) atoms. The Morgan fingerprint density at radius 1 is 1.27 bits per heavy atom. The second-order valence-corrected chi connectivity index (χ2v) is 3.03. The number of hydrogen-bond acceptors (Lipinski definition) is 2. The predicted molar refractivity (Wildman–Crippen MR) is 46.6 cm³/mol. The Hall–Kier alpha value is -0.0800. The molecule has 0 amide bonds. The van der Waals surface area contributed by atoms with Crippen molar-refractivity contribution in [1.82, 2.24) is 0 Å². The maximum atomic E-state index is 9.36. The fraction of sp³-hybridized carbons (Fsp3) is 1.00. The molecular weight excluding hydrogens is 140 g/mol. The Morgan fingerprint density at radius 3 is 2.18 bits per heavy atom. The number of rotatable bonds is 6.